The number of benzene rings is 9. The van der Waals surface area contributed by atoms with Gasteiger partial charge in [-0.25, -0.2) is 9.97 Å². The summed E-state index contributed by atoms with van der Waals surface area (Å²) in [6.45, 7) is 13.2. The van der Waals surface area contributed by atoms with E-state index in [1.807, 2.05) is 84.9 Å². The summed E-state index contributed by atoms with van der Waals surface area (Å²) in [5.41, 5.74) is 25.1. The van der Waals surface area contributed by atoms with E-state index in [9.17, 15) is 0 Å². The van der Waals surface area contributed by atoms with Crippen LogP contribution in [0.4, 0.5) is 0 Å². The van der Waals surface area contributed by atoms with Crippen LogP contribution in [0.2, 0.25) is 0 Å². The normalized spacial score (nSPS) is 11.4. The number of hydrogen-bond donors (Lipinski definition) is 0. The van der Waals surface area contributed by atoms with Crippen molar-refractivity contribution in [3.8, 4) is 113 Å². The van der Waals surface area contributed by atoms with Gasteiger partial charge in [0, 0.05) is 33.4 Å². The number of aryl methyl sites for hydroxylation is 6. The van der Waals surface area contributed by atoms with Crippen LogP contribution in [0.3, 0.4) is 0 Å². The summed E-state index contributed by atoms with van der Waals surface area (Å²) in [6.07, 6.45) is 0. The van der Waals surface area contributed by atoms with Crippen molar-refractivity contribution in [3.63, 3.8) is 0 Å². The molecule has 0 saturated carbocycles. The second-order valence-corrected chi connectivity index (χ2v) is 19.2. The number of fused-ring (bicyclic) bond motifs is 1. The van der Waals surface area contributed by atoms with Crippen molar-refractivity contribution in [1.29, 1.82) is 0 Å². The van der Waals surface area contributed by atoms with Crippen LogP contribution in [0.15, 0.2) is 203 Å². The van der Waals surface area contributed by atoms with Gasteiger partial charge in [0.25, 0.3) is 0 Å². The second kappa shape index (κ2) is 19.0. The van der Waals surface area contributed by atoms with Gasteiger partial charge >= 0.3 is 0 Å². The second-order valence-electron chi connectivity index (χ2n) is 19.2. The first kappa shape index (κ1) is 45.7. The summed E-state index contributed by atoms with van der Waals surface area (Å²) in [4.78, 5) is 11.2. The Morgan fingerprint density at radius 1 is 0.270 bits per heavy atom. The number of rotatable bonds is 10. The molecule has 356 valence electrons. The lowest BCUT2D eigenvalue weighted by Gasteiger charge is -2.21. The molecule has 0 aliphatic carbocycles. The molecular weight excluding hydrogens is 909 g/mol. The summed E-state index contributed by atoms with van der Waals surface area (Å²) < 4.78 is 12.1. The van der Waals surface area contributed by atoms with E-state index < -0.39 is 0 Å². The lowest BCUT2D eigenvalue weighted by molar-refractivity contribution is 0.584. The third kappa shape index (κ3) is 8.77. The minimum atomic E-state index is 0.476. The van der Waals surface area contributed by atoms with Crippen molar-refractivity contribution in [3.05, 3.63) is 228 Å². The Labute approximate surface area is 430 Å². The zero-order chi connectivity index (χ0) is 50.5. The van der Waals surface area contributed by atoms with Gasteiger partial charge in [-0.1, -0.05) is 145 Å². The number of nitrogens with zero attached hydrogens (tertiary/aromatic N) is 6. The lowest BCUT2D eigenvalue weighted by atomic mass is 9.85. The highest BCUT2D eigenvalue weighted by molar-refractivity contribution is 5.98. The molecule has 8 nitrogen and oxygen atoms in total. The summed E-state index contributed by atoms with van der Waals surface area (Å²) in [5.74, 6) is 1.94. The molecule has 0 amide bonds. The third-order valence-electron chi connectivity index (χ3n) is 13.8. The molecule has 0 N–H and O–H groups in total. The summed E-state index contributed by atoms with van der Waals surface area (Å²) >= 11 is 0. The summed E-state index contributed by atoms with van der Waals surface area (Å²) in [5, 5.41) is 17.3. The Morgan fingerprint density at radius 3 is 0.824 bits per heavy atom. The average molecular weight is 959 g/mol. The van der Waals surface area contributed by atoms with E-state index in [0.29, 0.717) is 23.6 Å². The van der Waals surface area contributed by atoms with Gasteiger partial charge in [0.2, 0.25) is 23.6 Å². The van der Waals surface area contributed by atoms with Crippen molar-refractivity contribution in [2.75, 3.05) is 0 Å². The van der Waals surface area contributed by atoms with Crippen LogP contribution in [0.1, 0.15) is 33.4 Å². The Morgan fingerprint density at radius 2 is 0.527 bits per heavy atom. The molecule has 3 aromatic heterocycles. The van der Waals surface area contributed by atoms with E-state index in [2.05, 4.69) is 171 Å². The molecule has 12 rings (SSSR count). The number of hydrogen-bond acceptors (Lipinski definition) is 8. The molecule has 0 aliphatic rings. The SMILES string of the molecule is Cc1cc(C)c(-c2cc3nc(-c4ccc(-c5ccc(-c6nnc(-c7ccccc7)o6)cc5)cc4)c(-c4ccc(-c5ccc(-c6nnc(-c7ccccc7)o6)cc5)cc4)nc3cc2-c2c(C)cc(C)cc2C)c(C)c1. The van der Waals surface area contributed by atoms with Crippen LogP contribution in [-0.2, 0) is 0 Å². The van der Waals surface area contributed by atoms with Crippen LogP contribution in [0, 0.1) is 41.5 Å². The largest absolute Gasteiger partial charge is 0.416 e. The van der Waals surface area contributed by atoms with E-state index in [4.69, 9.17) is 18.8 Å². The maximum Gasteiger partial charge on any atom is 0.248 e. The summed E-state index contributed by atoms with van der Waals surface area (Å²) in [7, 11) is 0. The van der Waals surface area contributed by atoms with Gasteiger partial charge in [0.15, 0.2) is 0 Å². The van der Waals surface area contributed by atoms with E-state index in [-0.39, 0.29) is 0 Å². The highest BCUT2D eigenvalue weighted by Gasteiger charge is 2.22. The minimum absolute atomic E-state index is 0.476. The highest BCUT2D eigenvalue weighted by Crippen LogP contribution is 2.43. The molecule has 12 aromatic rings. The fourth-order valence-electron chi connectivity index (χ4n) is 10.5. The Kier molecular flexibility index (Phi) is 11.7. The average Bonchev–Trinajstić information content (AvgIpc) is 4.13. The first-order valence-electron chi connectivity index (χ1n) is 24.8. The molecule has 0 atom stereocenters. The third-order valence-corrected chi connectivity index (χ3v) is 13.8. The van der Waals surface area contributed by atoms with Crippen LogP contribution in [0.5, 0.6) is 0 Å². The molecule has 8 heteroatoms. The fraction of sp³-hybridized carbons (Fsp3) is 0.0909. The first-order valence-corrected chi connectivity index (χ1v) is 24.8. The quantitative estimate of drug-likeness (QED) is 0.134. The van der Waals surface area contributed by atoms with Gasteiger partial charge in [-0.15, -0.1) is 20.4 Å². The zero-order valence-electron chi connectivity index (χ0n) is 42.0. The molecule has 74 heavy (non-hydrogen) atoms. The van der Waals surface area contributed by atoms with E-state index in [1.165, 1.54) is 44.5 Å². The molecule has 0 unspecified atom stereocenters. The molecule has 0 bridgehead atoms. The van der Waals surface area contributed by atoms with Crippen molar-refractivity contribution in [2.45, 2.75) is 41.5 Å². The zero-order valence-corrected chi connectivity index (χ0v) is 42.0. The standard InChI is InChI=1S/C66H50N6O2/c1-39-33-41(3)59(42(4)34-39)55-37-57-58(38-56(55)60-43(5)35-40(2)36-44(60)6)68-62(50-27-19-46(20-28-50)48-23-31-54(32-24-48)66-72-70-64(74-66)52-15-11-8-12-16-52)61(67-57)49-25-17-45(18-26-49)47-21-29-53(30-22-47)65-71-69-63(73-65)51-13-9-7-10-14-51/h7-38H,1-6H3. The maximum atomic E-state index is 6.06. The van der Waals surface area contributed by atoms with Gasteiger partial charge in [-0.2, -0.15) is 0 Å². The van der Waals surface area contributed by atoms with Crippen LogP contribution < -0.4 is 0 Å². The van der Waals surface area contributed by atoms with Gasteiger partial charge in [0.05, 0.1) is 22.4 Å². The predicted molar refractivity (Wildman–Crippen MR) is 298 cm³/mol. The molecule has 0 saturated heterocycles. The molecule has 0 fully saturated rings. The molecule has 0 radical (unpaired) electrons. The molecule has 0 spiro atoms. The Bertz CT molecular complexity index is 3720. The lowest BCUT2D eigenvalue weighted by Crippen LogP contribution is -2.00. The molecule has 3 heterocycles. The minimum Gasteiger partial charge on any atom is -0.416 e. The Balaban J connectivity index is 0.939. The molecule has 0 aliphatic heterocycles. The monoisotopic (exact) mass is 958 g/mol. The van der Waals surface area contributed by atoms with Crippen LogP contribution >= 0.6 is 0 Å². The highest BCUT2D eigenvalue weighted by atomic mass is 16.4. The topological polar surface area (TPSA) is 104 Å². The van der Waals surface area contributed by atoms with E-state index in [1.54, 1.807) is 0 Å². The van der Waals surface area contributed by atoms with Crippen molar-refractivity contribution < 1.29 is 8.83 Å². The smallest absolute Gasteiger partial charge is 0.248 e. The van der Waals surface area contributed by atoms with Crippen molar-refractivity contribution in [2.24, 2.45) is 0 Å². The molecule has 9 aromatic carbocycles. The predicted octanol–water partition coefficient (Wildman–Crippen LogP) is 16.9. The van der Waals surface area contributed by atoms with E-state index in [0.717, 1.165) is 89.2 Å². The van der Waals surface area contributed by atoms with E-state index >= 15 is 0 Å². The number of aromatic nitrogens is 6. The summed E-state index contributed by atoms with van der Waals surface area (Å²) in [6, 6.07) is 66.9. The fourth-order valence-corrected chi connectivity index (χ4v) is 10.5. The van der Waals surface area contributed by atoms with Gasteiger partial charge in [0.1, 0.15) is 0 Å². The van der Waals surface area contributed by atoms with Crippen molar-refractivity contribution >= 4 is 11.0 Å². The van der Waals surface area contributed by atoms with Gasteiger partial charge < -0.3 is 8.83 Å². The van der Waals surface area contributed by atoms with Crippen LogP contribution in [0.25, 0.3) is 124 Å². The van der Waals surface area contributed by atoms with Gasteiger partial charge in [-0.05, 0) is 169 Å². The first-order chi connectivity index (χ1) is 36.1. The Hall–Kier alpha value is -9.40. The van der Waals surface area contributed by atoms with Gasteiger partial charge in [-0.3, -0.25) is 0 Å². The van der Waals surface area contributed by atoms with Crippen LogP contribution in [-0.4, -0.2) is 30.4 Å². The maximum absolute atomic E-state index is 6.06. The van der Waals surface area contributed by atoms with Crippen molar-refractivity contribution in [1.82, 2.24) is 30.4 Å². The molecular formula is C66H50N6O2.